The number of fused-ring (bicyclic) bond motifs is 1. The van der Waals surface area contributed by atoms with Gasteiger partial charge in [0, 0.05) is 0 Å². The molecular weight excluding hydrogens is 228 g/mol. The molecule has 0 aliphatic rings. The van der Waals surface area contributed by atoms with Crippen LogP contribution in [0.4, 0.5) is 5.82 Å². The van der Waals surface area contributed by atoms with Gasteiger partial charge in [0.15, 0.2) is 11.5 Å². The van der Waals surface area contributed by atoms with Gasteiger partial charge < -0.3 is 0 Å². The molecule has 0 fully saturated rings. The summed E-state index contributed by atoms with van der Waals surface area (Å²) >= 11 is 0. The van der Waals surface area contributed by atoms with Crippen LogP contribution in [0.3, 0.4) is 0 Å². The van der Waals surface area contributed by atoms with E-state index in [9.17, 15) is 0 Å². The van der Waals surface area contributed by atoms with Crippen LogP contribution in [0.15, 0.2) is 53.9 Å². The molecule has 3 rings (SSSR count). The summed E-state index contributed by atoms with van der Waals surface area (Å²) in [6, 6.07) is 13.5. The van der Waals surface area contributed by atoms with Crippen molar-refractivity contribution in [3.05, 3.63) is 54.4 Å². The average Bonchev–Trinajstić information content (AvgIpc) is 2.87. The van der Waals surface area contributed by atoms with Gasteiger partial charge in [0.2, 0.25) is 0 Å². The highest BCUT2D eigenvalue weighted by atomic mass is 15.4. The van der Waals surface area contributed by atoms with E-state index in [4.69, 9.17) is 0 Å². The standard InChI is InChI=1S/C12H10N6/c1-2-4-10(5-3-1)8-13-15-11-6-7-12-16-14-9-18(12)17-11/h1-9H,(H,15,17)/b13-8+. The Kier molecular flexibility index (Phi) is 2.67. The zero-order chi connectivity index (χ0) is 12.2. The maximum Gasteiger partial charge on any atom is 0.177 e. The summed E-state index contributed by atoms with van der Waals surface area (Å²) in [5.41, 5.74) is 4.58. The second kappa shape index (κ2) is 4.62. The molecule has 88 valence electrons. The number of hydrogen-bond donors (Lipinski definition) is 1. The molecule has 6 nitrogen and oxygen atoms in total. The lowest BCUT2D eigenvalue weighted by Gasteiger charge is -1.98. The van der Waals surface area contributed by atoms with Crippen LogP contribution in [-0.4, -0.2) is 26.0 Å². The number of hydrazone groups is 1. The van der Waals surface area contributed by atoms with Gasteiger partial charge in [0.25, 0.3) is 0 Å². The van der Waals surface area contributed by atoms with Crippen LogP contribution in [0.2, 0.25) is 0 Å². The quantitative estimate of drug-likeness (QED) is 0.555. The Morgan fingerprint density at radius 1 is 1.11 bits per heavy atom. The predicted octanol–water partition coefficient (Wildman–Crippen LogP) is 1.57. The van der Waals surface area contributed by atoms with Crippen LogP contribution < -0.4 is 5.43 Å². The molecule has 6 heteroatoms. The number of nitrogens with one attached hydrogen (secondary N) is 1. The molecule has 0 aliphatic carbocycles. The largest absolute Gasteiger partial charge is 0.260 e. The summed E-state index contributed by atoms with van der Waals surface area (Å²) in [5.74, 6) is 0.634. The first-order valence-corrected chi connectivity index (χ1v) is 5.43. The second-order valence-corrected chi connectivity index (χ2v) is 3.63. The van der Waals surface area contributed by atoms with E-state index in [0.29, 0.717) is 11.5 Å². The Morgan fingerprint density at radius 3 is 2.89 bits per heavy atom. The van der Waals surface area contributed by atoms with E-state index in [0.717, 1.165) is 5.56 Å². The Balaban J connectivity index is 1.74. The van der Waals surface area contributed by atoms with Gasteiger partial charge in [0.1, 0.15) is 6.33 Å². The molecule has 1 aromatic carbocycles. The Morgan fingerprint density at radius 2 is 2.00 bits per heavy atom. The SMILES string of the molecule is C(=N\Nc1ccc2nncn2n1)/c1ccccc1. The summed E-state index contributed by atoms with van der Waals surface area (Å²) in [6.45, 7) is 0. The lowest BCUT2D eigenvalue weighted by molar-refractivity contribution is 0.925. The van der Waals surface area contributed by atoms with E-state index < -0.39 is 0 Å². The van der Waals surface area contributed by atoms with E-state index in [-0.39, 0.29) is 0 Å². The number of hydrogen-bond acceptors (Lipinski definition) is 5. The maximum atomic E-state index is 4.23. The molecular formula is C12H10N6. The fourth-order valence-electron chi connectivity index (χ4n) is 1.50. The normalized spacial score (nSPS) is 11.1. The van der Waals surface area contributed by atoms with Gasteiger partial charge >= 0.3 is 0 Å². The molecule has 0 aliphatic heterocycles. The molecule has 2 heterocycles. The van der Waals surface area contributed by atoms with Crippen LogP contribution in [0, 0.1) is 0 Å². The minimum absolute atomic E-state index is 0.634. The minimum Gasteiger partial charge on any atom is -0.260 e. The Labute approximate surface area is 103 Å². The highest BCUT2D eigenvalue weighted by Crippen LogP contribution is 2.04. The lowest BCUT2D eigenvalue weighted by atomic mass is 10.2. The lowest BCUT2D eigenvalue weighted by Crippen LogP contribution is -1.97. The molecule has 1 N–H and O–H groups in total. The molecule has 0 spiro atoms. The molecule has 0 atom stereocenters. The molecule has 3 aromatic rings. The van der Waals surface area contributed by atoms with Crippen molar-refractivity contribution in [3.8, 4) is 0 Å². The summed E-state index contributed by atoms with van der Waals surface area (Å²) in [5, 5.41) is 16.0. The first kappa shape index (κ1) is 10.4. The molecule has 0 saturated heterocycles. The smallest absolute Gasteiger partial charge is 0.177 e. The van der Waals surface area contributed by atoms with Crippen LogP contribution in [0.25, 0.3) is 5.65 Å². The molecule has 0 unspecified atom stereocenters. The van der Waals surface area contributed by atoms with Crippen LogP contribution in [0.1, 0.15) is 5.56 Å². The van der Waals surface area contributed by atoms with Crippen molar-refractivity contribution in [2.75, 3.05) is 5.43 Å². The summed E-state index contributed by atoms with van der Waals surface area (Å²) in [6.07, 6.45) is 3.28. The van der Waals surface area contributed by atoms with E-state index >= 15 is 0 Å². The average molecular weight is 238 g/mol. The van der Waals surface area contributed by atoms with Crippen molar-refractivity contribution in [1.82, 2.24) is 19.8 Å². The fourth-order valence-corrected chi connectivity index (χ4v) is 1.50. The first-order valence-electron chi connectivity index (χ1n) is 5.43. The van der Waals surface area contributed by atoms with E-state index in [1.807, 2.05) is 36.4 Å². The van der Waals surface area contributed by atoms with Crippen LogP contribution in [-0.2, 0) is 0 Å². The van der Waals surface area contributed by atoms with Gasteiger partial charge in [-0.05, 0) is 17.7 Å². The summed E-state index contributed by atoms with van der Waals surface area (Å²) in [4.78, 5) is 0. The van der Waals surface area contributed by atoms with Crippen molar-refractivity contribution < 1.29 is 0 Å². The van der Waals surface area contributed by atoms with Crippen molar-refractivity contribution >= 4 is 17.7 Å². The van der Waals surface area contributed by atoms with Gasteiger partial charge in [-0.1, -0.05) is 30.3 Å². The van der Waals surface area contributed by atoms with Crippen molar-refractivity contribution in [1.29, 1.82) is 0 Å². The third kappa shape index (κ3) is 2.17. The second-order valence-electron chi connectivity index (χ2n) is 3.63. The van der Waals surface area contributed by atoms with Gasteiger partial charge in [-0.15, -0.1) is 15.3 Å². The fraction of sp³-hybridized carbons (Fsp3) is 0. The van der Waals surface area contributed by atoms with E-state index in [2.05, 4.69) is 25.8 Å². The number of nitrogens with zero attached hydrogens (tertiary/aromatic N) is 5. The van der Waals surface area contributed by atoms with Crippen LogP contribution in [0.5, 0.6) is 0 Å². The van der Waals surface area contributed by atoms with Crippen molar-refractivity contribution in [3.63, 3.8) is 0 Å². The van der Waals surface area contributed by atoms with Crippen molar-refractivity contribution in [2.45, 2.75) is 0 Å². The monoisotopic (exact) mass is 238 g/mol. The minimum atomic E-state index is 0.634. The number of rotatable bonds is 3. The zero-order valence-corrected chi connectivity index (χ0v) is 9.43. The molecule has 18 heavy (non-hydrogen) atoms. The van der Waals surface area contributed by atoms with Gasteiger partial charge in [-0.25, -0.2) is 0 Å². The molecule has 0 bridgehead atoms. The third-order valence-corrected chi connectivity index (χ3v) is 2.35. The summed E-state index contributed by atoms with van der Waals surface area (Å²) < 4.78 is 1.58. The van der Waals surface area contributed by atoms with E-state index in [1.54, 1.807) is 23.1 Å². The predicted molar refractivity (Wildman–Crippen MR) is 68.4 cm³/mol. The van der Waals surface area contributed by atoms with Gasteiger partial charge in [-0.3, -0.25) is 5.43 Å². The molecule has 0 amide bonds. The maximum absolute atomic E-state index is 4.23. The Bertz CT molecular complexity index is 673. The summed E-state index contributed by atoms with van der Waals surface area (Å²) in [7, 11) is 0. The van der Waals surface area contributed by atoms with E-state index in [1.165, 1.54) is 0 Å². The van der Waals surface area contributed by atoms with Gasteiger partial charge in [0.05, 0.1) is 6.21 Å². The Hall–Kier alpha value is -2.76. The number of aromatic nitrogens is 4. The number of anilines is 1. The molecule has 2 aromatic heterocycles. The topological polar surface area (TPSA) is 67.5 Å². The van der Waals surface area contributed by atoms with Crippen molar-refractivity contribution in [2.24, 2.45) is 5.10 Å². The van der Waals surface area contributed by atoms with Crippen LogP contribution >= 0.6 is 0 Å². The number of benzene rings is 1. The third-order valence-electron chi connectivity index (χ3n) is 2.35. The van der Waals surface area contributed by atoms with Gasteiger partial charge in [-0.2, -0.15) is 9.62 Å². The highest BCUT2D eigenvalue weighted by Gasteiger charge is 1.97. The first-order chi connectivity index (χ1) is 8.92. The molecule has 0 radical (unpaired) electrons. The zero-order valence-electron chi connectivity index (χ0n) is 9.43. The highest BCUT2D eigenvalue weighted by molar-refractivity contribution is 5.79. The molecule has 0 saturated carbocycles.